The van der Waals surface area contributed by atoms with E-state index in [1.54, 1.807) is 13.0 Å². The van der Waals surface area contributed by atoms with Gasteiger partial charge in [0.2, 0.25) is 0 Å². The van der Waals surface area contributed by atoms with E-state index in [1.807, 2.05) is 6.07 Å². The Kier molecular flexibility index (Phi) is 6.11. The minimum Gasteiger partial charge on any atom is -0.465 e. The first-order valence-corrected chi connectivity index (χ1v) is 9.53. The maximum atomic E-state index is 11.9. The summed E-state index contributed by atoms with van der Waals surface area (Å²) in [6, 6.07) is 14.8. The van der Waals surface area contributed by atoms with Crippen LogP contribution < -0.4 is 4.90 Å². The summed E-state index contributed by atoms with van der Waals surface area (Å²) in [7, 11) is 3.53. The molecule has 0 spiro atoms. The van der Waals surface area contributed by atoms with Crippen molar-refractivity contribution in [1.29, 1.82) is 5.26 Å². The number of halogens is 1. The van der Waals surface area contributed by atoms with E-state index in [1.165, 1.54) is 12.7 Å². The first kappa shape index (κ1) is 21.1. The quantitative estimate of drug-likeness (QED) is 0.721. The molecule has 2 fully saturated rings. The molecule has 2 saturated heterocycles. The summed E-state index contributed by atoms with van der Waals surface area (Å²) in [5, 5.41) is 9.65. The number of rotatable bonds is 3. The van der Waals surface area contributed by atoms with Gasteiger partial charge in [-0.1, -0.05) is 30.3 Å². The lowest BCUT2D eigenvalue weighted by molar-refractivity contribution is 0.0599. The highest BCUT2D eigenvalue weighted by molar-refractivity contribution is 5.91. The molecule has 2 aromatic rings. The van der Waals surface area contributed by atoms with Gasteiger partial charge in [-0.3, -0.25) is 4.90 Å². The van der Waals surface area contributed by atoms with Gasteiger partial charge in [-0.05, 0) is 31.5 Å². The largest absolute Gasteiger partial charge is 0.465 e. The van der Waals surface area contributed by atoms with E-state index in [0.717, 1.165) is 19.6 Å². The van der Waals surface area contributed by atoms with E-state index in [-0.39, 0.29) is 12.4 Å². The Bertz CT molecular complexity index is 944. The van der Waals surface area contributed by atoms with Crippen LogP contribution in [0.15, 0.2) is 36.4 Å². The molecule has 3 heterocycles. The van der Waals surface area contributed by atoms with Gasteiger partial charge in [0.05, 0.1) is 23.9 Å². The molecule has 7 heteroatoms. The number of carbonyl (C=O) groups excluding carboxylic acids is 1. The second-order valence-corrected chi connectivity index (χ2v) is 7.72. The van der Waals surface area contributed by atoms with E-state index >= 15 is 0 Å². The van der Waals surface area contributed by atoms with Crippen LogP contribution in [0, 0.1) is 30.1 Å². The number of aromatic nitrogens is 1. The molecule has 0 unspecified atom stereocenters. The molecule has 0 N–H and O–H groups in total. The lowest BCUT2D eigenvalue weighted by Gasteiger charge is -2.27. The van der Waals surface area contributed by atoms with Crippen molar-refractivity contribution in [2.75, 3.05) is 38.7 Å². The Morgan fingerprint density at radius 2 is 1.97 bits per heavy atom. The number of nitrogens with zero attached hydrogens (tertiary/aromatic N) is 4. The van der Waals surface area contributed by atoms with Crippen LogP contribution in [0.2, 0.25) is 0 Å². The number of nitriles is 1. The lowest BCUT2D eigenvalue weighted by atomic mass is 9.90. The van der Waals surface area contributed by atoms with Crippen LogP contribution in [-0.2, 0) is 4.74 Å². The molecular weight excluding hydrogens is 388 g/mol. The Hall–Kier alpha value is -2.62. The molecule has 6 nitrogen and oxygen atoms in total. The predicted octanol–water partition coefficient (Wildman–Crippen LogP) is 3.21. The average molecular weight is 413 g/mol. The number of anilines is 1. The number of aryl methyl sites for hydroxylation is 1. The number of hydrogen-bond acceptors (Lipinski definition) is 6. The highest BCUT2D eigenvalue weighted by Gasteiger charge is 2.46. The molecule has 4 rings (SSSR count). The van der Waals surface area contributed by atoms with Crippen LogP contribution >= 0.6 is 12.4 Å². The summed E-state index contributed by atoms with van der Waals surface area (Å²) in [6.07, 6.45) is 0. The molecule has 0 bridgehead atoms. The number of benzene rings is 1. The van der Waals surface area contributed by atoms with Gasteiger partial charge >= 0.3 is 5.97 Å². The number of carbonyl (C=O) groups is 1. The topological polar surface area (TPSA) is 69.5 Å². The fourth-order valence-electron chi connectivity index (χ4n) is 4.82. The fraction of sp³-hybridized carbons (Fsp3) is 0.409. The van der Waals surface area contributed by atoms with Crippen LogP contribution in [0.1, 0.15) is 33.2 Å². The number of pyridine rings is 1. The van der Waals surface area contributed by atoms with Gasteiger partial charge in [-0.15, -0.1) is 12.4 Å². The summed E-state index contributed by atoms with van der Waals surface area (Å²) in [5.41, 5.74) is 2.71. The van der Waals surface area contributed by atoms with Gasteiger partial charge in [0, 0.05) is 31.6 Å². The van der Waals surface area contributed by atoms with Crippen LogP contribution in [0.25, 0.3) is 0 Å². The summed E-state index contributed by atoms with van der Waals surface area (Å²) in [4.78, 5) is 21.2. The predicted molar refractivity (Wildman–Crippen MR) is 113 cm³/mol. The Morgan fingerprint density at radius 3 is 2.62 bits per heavy atom. The zero-order chi connectivity index (χ0) is 19.8. The van der Waals surface area contributed by atoms with Crippen molar-refractivity contribution in [1.82, 2.24) is 9.88 Å². The van der Waals surface area contributed by atoms with E-state index in [0.29, 0.717) is 40.5 Å². The maximum absolute atomic E-state index is 11.9. The molecule has 1 aromatic carbocycles. The first-order chi connectivity index (χ1) is 13.5. The Labute approximate surface area is 177 Å². The summed E-state index contributed by atoms with van der Waals surface area (Å²) >= 11 is 0. The number of likely N-dealkylation sites (tertiary alicyclic amines) is 1. The highest BCUT2D eigenvalue weighted by Crippen LogP contribution is 2.45. The van der Waals surface area contributed by atoms with Gasteiger partial charge < -0.3 is 9.64 Å². The normalized spacial score (nSPS) is 23.2. The van der Waals surface area contributed by atoms with E-state index in [9.17, 15) is 10.1 Å². The Balaban J connectivity index is 0.00000240. The number of esters is 1. The number of methoxy groups -OCH3 is 1. The third kappa shape index (κ3) is 3.68. The molecule has 3 atom stereocenters. The minimum absolute atomic E-state index is 0. The van der Waals surface area contributed by atoms with Gasteiger partial charge in [0.25, 0.3) is 0 Å². The van der Waals surface area contributed by atoms with Crippen molar-refractivity contribution in [2.45, 2.75) is 13.0 Å². The molecule has 29 heavy (non-hydrogen) atoms. The van der Waals surface area contributed by atoms with Crippen LogP contribution in [-0.4, -0.2) is 49.6 Å². The van der Waals surface area contributed by atoms with Crippen LogP contribution in [0.3, 0.4) is 0 Å². The Morgan fingerprint density at radius 1 is 1.24 bits per heavy atom. The van der Waals surface area contributed by atoms with Crippen molar-refractivity contribution >= 4 is 24.2 Å². The fourth-order valence-corrected chi connectivity index (χ4v) is 4.82. The zero-order valence-electron chi connectivity index (χ0n) is 16.8. The minimum atomic E-state index is -0.461. The van der Waals surface area contributed by atoms with Crippen LogP contribution in [0.4, 0.5) is 5.82 Å². The number of ether oxygens (including phenoxy) is 1. The molecule has 2 aliphatic heterocycles. The van der Waals surface area contributed by atoms with Crippen LogP contribution in [0.5, 0.6) is 0 Å². The molecule has 152 valence electrons. The van der Waals surface area contributed by atoms with Gasteiger partial charge in [0.1, 0.15) is 11.9 Å². The number of hydrogen-bond donors (Lipinski definition) is 0. The second kappa shape index (κ2) is 8.40. The van der Waals surface area contributed by atoms with Crippen molar-refractivity contribution in [3.8, 4) is 6.07 Å². The molecule has 0 saturated carbocycles. The molecule has 0 aliphatic carbocycles. The summed E-state index contributed by atoms with van der Waals surface area (Å²) < 4.78 is 4.81. The van der Waals surface area contributed by atoms with E-state index in [2.05, 4.69) is 52.2 Å². The standard InChI is InChI=1S/C22H24N4O2.ClH/c1-14-18(22(27)28-3)9-16(10-23)21(24-14)26-12-17-11-25(2)20(19(17)13-26)15-7-5-4-6-8-15;/h4-9,17,19-20H,11-13H2,1-3H3;1H/t17-,19+,20-;/m0./s1. The molecule has 2 aliphatic rings. The van der Waals surface area contributed by atoms with Crippen molar-refractivity contribution < 1.29 is 9.53 Å². The van der Waals surface area contributed by atoms with E-state index in [4.69, 9.17) is 4.74 Å². The zero-order valence-corrected chi connectivity index (χ0v) is 17.6. The van der Waals surface area contributed by atoms with Gasteiger partial charge in [-0.2, -0.15) is 5.26 Å². The maximum Gasteiger partial charge on any atom is 0.339 e. The van der Waals surface area contributed by atoms with Crippen molar-refractivity contribution in [2.24, 2.45) is 11.8 Å². The molecule has 0 radical (unpaired) electrons. The third-order valence-electron chi connectivity index (χ3n) is 6.05. The van der Waals surface area contributed by atoms with Crippen molar-refractivity contribution in [3.05, 3.63) is 58.8 Å². The smallest absolute Gasteiger partial charge is 0.339 e. The van der Waals surface area contributed by atoms with E-state index < -0.39 is 5.97 Å². The summed E-state index contributed by atoms with van der Waals surface area (Å²) in [6.45, 7) is 4.54. The second-order valence-electron chi connectivity index (χ2n) is 7.72. The van der Waals surface area contributed by atoms with Gasteiger partial charge in [0.15, 0.2) is 0 Å². The summed E-state index contributed by atoms with van der Waals surface area (Å²) in [5.74, 6) is 1.24. The molecular formula is C22H25ClN4O2. The van der Waals surface area contributed by atoms with Crippen molar-refractivity contribution in [3.63, 3.8) is 0 Å². The monoisotopic (exact) mass is 412 g/mol. The SMILES string of the molecule is COC(=O)c1cc(C#N)c(N2C[C@@H]3CN(C)[C@@H](c4ccccc4)[C@@H]3C2)nc1C.Cl. The third-order valence-corrected chi connectivity index (χ3v) is 6.05. The number of fused-ring (bicyclic) bond motifs is 1. The highest BCUT2D eigenvalue weighted by atomic mass is 35.5. The molecule has 0 amide bonds. The first-order valence-electron chi connectivity index (χ1n) is 9.53. The molecule has 1 aromatic heterocycles. The average Bonchev–Trinajstić information content (AvgIpc) is 3.24. The lowest BCUT2D eigenvalue weighted by Crippen LogP contribution is -2.30. The van der Waals surface area contributed by atoms with Gasteiger partial charge in [-0.25, -0.2) is 9.78 Å².